The number of fused-ring (bicyclic) bond motifs is 1. The van der Waals surface area contributed by atoms with Crippen molar-refractivity contribution in [3.05, 3.63) is 59.2 Å². The van der Waals surface area contributed by atoms with Crippen molar-refractivity contribution >= 4 is 5.69 Å². The first-order valence-electron chi connectivity index (χ1n) is 6.29. The molecule has 3 N–H and O–H groups in total. The van der Waals surface area contributed by atoms with Crippen molar-refractivity contribution in [3.63, 3.8) is 0 Å². The van der Waals surface area contributed by atoms with Crippen LogP contribution in [0.2, 0.25) is 0 Å². The highest BCUT2D eigenvalue weighted by molar-refractivity contribution is 5.47. The fourth-order valence-corrected chi connectivity index (χ4v) is 2.80. The minimum Gasteiger partial charge on any atom is -0.398 e. The molecule has 1 aliphatic carbocycles. The smallest absolute Gasteiger partial charge is 0.126 e. The summed E-state index contributed by atoms with van der Waals surface area (Å²) in [6, 6.07) is 6.57. The van der Waals surface area contributed by atoms with Gasteiger partial charge in [0.1, 0.15) is 5.82 Å². The number of benzene rings is 1. The topological polar surface area (TPSA) is 59.1 Å². The minimum atomic E-state index is -1.05. The number of nitrogens with two attached hydrogens (primary N) is 1. The molecule has 3 nitrogen and oxygen atoms in total. The van der Waals surface area contributed by atoms with Gasteiger partial charge in [0.25, 0.3) is 0 Å². The van der Waals surface area contributed by atoms with Crippen LogP contribution >= 0.6 is 0 Å². The number of aromatic nitrogens is 1. The molecular weight excluding hydrogens is 243 g/mol. The SMILES string of the molecule is Nc1ccncc1CC1(O)CCc2c(F)cccc21. The van der Waals surface area contributed by atoms with Gasteiger partial charge in [0.2, 0.25) is 0 Å². The van der Waals surface area contributed by atoms with E-state index >= 15 is 0 Å². The summed E-state index contributed by atoms with van der Waals surface area (Å²) in [6.45, 7) is 0. The molecule has 1 aliphatic rings. The van der Waals surface area contributed by atoms with Crippen molar-refractivity contribution in [3.8, 4) is 0 Å². The number of nitrogen functional groups attached to an aromatic ring is 1. The zero-order valence-corrected chi connectivity index (χ0v) is 10.4. The lowest BCUT2D eigenvalue weighted by Crippen LogP contribution is -2.26. The molecular formula is C15H15FN2O. The van der Waals surface area contributed by atoms with Gasteiger partial charge in [-0.1, -0.05) is 12.1 Å². The molecule has 1 unspecified atom stereocenters. The second-order valence-electron chi connectivity index (χ2n) is 5.05. The second-order valence-corrected chi connectivity index (χ2v) is 5.05. The highest BCUT2D eigenvalue weighted by Gasteiger charge is 2.38. The molecule has 4 heteroatoms. The van der Waals surface area contributed by atoms with Crippen molar-refractivity contribution in [1.82, 2.24) is 4.98 Å². The van der Waals surface area contributed by atoms with Gasteiger partial charge in [-0.25, -0.2) is 4.39 Å². The predicted molar refractivity (Wildman–Crippen MR) is 71.0 cm³/mol. The first-order chi connectivity index (χ1) is 9.10. The van der Waals surface area contributed by atoms with Gasteiger partial charge in [0.05, 0.1) is 5.60 Å². The van der Waals surface area contributed by atoms with Gasteiger partial charge in [-0.05, 0) is 41.7 Å². The van der Waals surface area contributed by atoms with E-state index in [9.17, 15) is 9.50 Å². The molecule has 0 spiro atoms. The van der Waals surface area contributed by atoms with Crippen LogP contribution in [0.5, 0.6) is 0 Å². The Labute approximate surface area is 110 Å². The summed E-state index contributed by atoms with van der Waals surface area (Å²) in [6.07, 6.45) is 4.70. The lowest BCUT2D eigenvalue weighted by atomic mass is 9.89. The highest BCUT2D eigenvalue weighted by Crippen LogP contribution is 2.40. The van der Waals surface area contributed by atoms with Crippen LogP contribution in [0.3, 0.4) is 0 Å². The predicted octanol–water partition coefficient (Wildman–Crippen LogP) is 2.18. The number of anilines is 1. The molecule has 1 heterocycles. The van der Waals surface area contributed by atoms with Gasteiger partial charge in [-0.15, -0.1) is 0 Å². The summed E-state index contributed by atoms with van der Waals surface area (Å²) < 4.78 is 13.7. The summed E-state index contributed by atoms with van der Waals surface area (Å²) in [4.78, 5) is 4.03. The molecule has 0 radical (unpaired) electrons. The fraction of sp³-hybridized carbons (Fsp3) is 0.267. The summed E-state index contributed by atoms with van der Waals surface area (Å²) in [5, 5.41) is 10.8. The fourth-order valence-electron chi connectivity index (χ4n) is 2.80. The van der Waals surface area contributed by atoms with Crippen LogP contribution in [0.15, 0.2) is 36.7 Å². The summed E-state index contributed by atoms with van der Waals surface area (Å²) >= 11 is 0. The maximum atomic E-state index is 13.7. The second kappa shape index (κ2) is 4.31. The quantitative estimate of drug-likeness (QED) is 0.868. The molecule has 0 amide bonds. The van der Waals surface area contributed by atoms with Crippen LogP contribution in [0.25, 0.3) is 0 Å². The Morgan fingerprint density at radius 3 is 3.00 bits per heavy atom. The standard InChI is InChI=1S/C15H15FN2O/c16-13-3-1-2-12-11(13)4-6-15(12,19)8-10-9-18-7-5-14(10)17/h1-3,5,7,9,19H,4,6,8H2,(H2,17,18). The van der Waals surface area contributed by atoms with E-state index in [1.54, 1.807) is 30.6 Å². The van der Waals surface area contributed by atoms with Gasteiger partial charge < -0.3 is 10.8 Å². The molecule has 0 aliphatic heterocycles. The van der Waals surface area contributed by atoms with E-state index in [1.165, 1.54) is 6.07 Å². The summed E-state index contributed by atoms with van der Waals surface area (Å²) in [5.41, 5.74) is 7.53. The molecule has 98 valence electrons. The molecule has 1 atom stereocenters. The Bertz CT molecular complexity index is 629. The lowest BCUT2D eigenvalue weighted by molar-refractivity contribution is 0.0390. The molecule has 1 aromatic carbocycles. The third kappa shape index (κ3) is 1.98. The number of rotatable bonds is 2. The third-order valence-electron chi connectivity index (χ3n) is 3.83. The van der Waals surface area contributed by atoms with E-state index in [0.29, 0.717) is 36.1 Å². The molecule has 2 aromatic rings. The van der Waals surface area contributed by atoms with Crippen LogP contribution < -0.4 is 5.73 Å². The molecule has 1 aromatic heterocycles. The average Bonchev–Trinajstić information content (AvgIpc) is 2.72. The summed E-state index contributed by atoms with van der Waals surface area (Å²) in [7, 11) is 0. The van der Waals surface area contributed by atoms with Gasteiger partial charge in [0.15, 0.2) is 0 Å². The number of nitrogens with zero attached hydrogens (tertiary/aromatic N) is 1. The van der Waals surface area contributed by atoms with E-state index in [2.05, 4.69) is 4.98 Å². The van der Waals surface area contributed by atoms with E-state index in [4.69, 9.17) is 5.73 Å². The Balaban J connectivity index is 1.99. The lowest BCUT2D eigenvalue weighted by Gasteiger charge is -2.24. The monoisotopic (exact) mass is 258 g/mol. The Morgan fingerprint density at radius 1 is 1.37 bits per heavy atom. The van der Waals surface area contributed by atoms with Gasteiger partial charge in [0, 0.05) is 24.5 Å². The number of pyridine rings is 1. The zero-order chi connectivity index (χ0) is 13.5. The minimum absolute atomic E-state index is 0.243. The molecule has 0 saturated heterocycles. The normalized spacial score (nSPS) is 21.4. The van der Waals surface area contributed by atoms with Gasteiger partial charge in [-0.3, -0.25) is 4.98 Å². The van der Waals surface area contributed by atoms with Crippen LogP contribution in [-0.2, 0) is 18.4 Å². The van der Waals surface area contributed by atoms with Crippen molar-refractivity contribution in [2.75, 3.05) is 5.73 Å². The molecule has 0 saturated carbocycles. The van der Waals surface area contributed by atoms with Crippen LogP contribution in [0, 0.1) is 5.82 Å². The van der Waals surface area contributed by atoms with Gasteiger partial charge >= 0.3 is 0 Å². The van der Waals surface area contributed by atoms with Crippen LogP contribution in [0.1, 0.15) is 23.1 Å². The van der Waals surface area contributed by atoms with E-state index in [-0.39, 0.29) is 5.82 Å². The Kier molecular flexibility index (Phi) is 2.75. The largest absolute Gasteiger partial charge is 0.398 e. The maximum absolute atomic E-state index is 13.7. The summed E-state index contributed by atoms with van der Waals surface area (Å²) in [5.74, 6) is -0.243. The number of halogens is 1. The molecule has 19 heavy (non-hydrogen) atoms. The third-order valence-corrected chi connectivity index (χ3v) is 3.83. The molecule has 0 fully saturated rings. The average molecular weight is 258 g/mol. The van der Waals surface area contributed by atoms with E-state index in [1.807, 2.05) is 0 Å². The van der Waals surface area contributed by atoms with Crippen LogP contribution in [-0.4, -0.2) is 10.1 Å². The van der Waals surface area contributed by atoms with Crippen molar-refractivity contribution in [1.29, 1.82) is 0 Å². The first-order valence-corrected chi connectivity index (χ1v) is 6.29. The van der Waals surface area contributed by atoms with Gasteiger partial charge in [-0.2, -0.15) is 0 Å². The highest BCUT2D eigenvalue weighted by atomic mass is 19.1. The zero-order valence-electron chi connectivity index (χ0n) is 10.4. The number of hydrogen-bond donors (Lipinski definition) is 2. The Morgan fingerprint density at radius 2 is 2.21 bits per heavy atom. The molecule has 3 rings (SSSR count). The number of hydrogen-bond acceptors (Lipinski definition) is 3. The van der Waals surface area contributed by atoms with Crippen molar-refractivity contribution < 1.29 is 9.50 Å². The van der Waals surface area contributed by atoms with Crippen molar-refractivity contribution in [2.45, 2.75) is 24.9 Å². The van der Waals surface area contributed by atoms with E-state index in [0.717, 1.165) is 5.56 Å². The molecule has 0 bridgehead atoms. The first kappa shape index (κ1) is 12.1. The maximum Gasteiger partial charge on any atom is 0.126 e. The van der Waals surface area contributed by atoms with Crippen LogP contribution in [0.4, 0.5) is 10.1 Å². The van der Waals surface area contributed by atoms with Crippen molar-refractivity contribution in [2.24, 2.45) is 0 Å². The Hall–Kier alpha value is -1.94. The van der Waals surface area contributed by atoms with E-state index < -0.39 is 5.60 Å². The number of aliphatic hydroxyl groups is 1.